The summed E-state index contributed by atoms with van der Waals surface area (Å²) < 4.78 is 25.5. The number of carbonyl (C=O) groups is 2. The van der Waals surface area contributed by atoms with Gasteiger partial charge in [-0.05, 0) is 12.1 Å². The first-order valence-corrected chi connectivity index (χ1v) is 6.82. The molecule has 8 heteroatoms. The van der Waals surface area contributed by atoms with E-state index in [1.54, 1.807) is 12.1 Å². The average Bonchev–Trinajstić information content (AvgIpc) is 2.46. The van der Waals surface area contributed by atoms with Gasteiger partial charge in [0.15, 0.2) is 23.1 Å². The number of aromatic hydroxyl groups is 1. The Morgan fingerprint density at radius 3 is 2.18 bits per heavy atom. The second-order valence-electron chi connectivity index (χ2n) is 4.33. The predicted octanol–water partition coefficient (Wildman–Crippen LogP) is -1.54. The summed E-state index contributed by atoms with van der Waals surface area (Å²) in [5.41, 5.74) is 0.169. The minimum Gasteiger partial charge on any atom is -1.00 e. The van der Waals surface area contributed by atoms with Crippen molar-refractivity contribution in [2.24, 2.45) is 0 Å². The molecule has 0 heterocycles. The minimum absolute atomic E-state index is 0. The van der Waals surface area contributed by atoms with E-state index in [1.807, 2.05) is 0 Å². The molecular formula is C14H8NaO6S-. The van der Waals surface area contributed by atoms with Gasteiger partial charge < -0.3 is 15.3 Å². The number of phenolic OH excluding ortho intramolecular Hbond substituents is 1. The molecule has 0 spiro atoms. The molecule has 0 fully saturated rings. The summed E-state index contributed by atoms with van der Waals surface area (Å²) in [5.74, 6) is -2.03. The molecule has 0 bridgehead atoms. The standard InChI is InChI=1S/C14H8O6S.Na.H/c15-12-7-3-1-2-4-8(7)13(16)11-9(12)5-6-10(14(11)17)20-21(18)19;;/h1-6,17H,(H,18,19);;/q;+1;-1/p-1. The Bertz CT molecular complexity index is 823. The van der Waals surface area contributed by atoms with Crippen LogP contribution in [-0.4, -0.2) is 25.4 Å². The molecule has 1 aliphatic carbocycles. The summed E-state index contributed by atoms with van der Waals surface area (Å²) in [5, 5.41) is 10.0. The molecule has 0 aromatic heterocycles. The number of hydrogen-bond acceptors (Lipinski definition) is 6. The third-order valence-electron chi connectivity index (χ3n) is 3.19. The molecule has 0 saturated heterocycles. The zero-order chi connectivity index (χ0) is 15.1. The van der Waals surface area contributed by atoms with Gasteiger partial charge in [0.05, 0.1) is 5.56 Å². The minimum atomic E-state index is -2.90. The molecule has 1 atom stereocenters. The van der Waals surface area contributed by atoms with Gasteiger partial charge >= 0.3 is 29.6 Å². The second-order valence-corrected chi connectivity index (χ2v) is 4.90. The van der Waals surface area contributed by atoms with Crippen LogP contribution in [0.3, 0.4) is 0 Å². The summed E-state index contributed by atoms with van der Waals surface area (Å²) in [7, 11) is 0. The molecule has 1 aliphatic rings. The summed E-state index contributed by atoms with van der Waals surface area (Å²) in [4.78, 5) is 24.7. The van der Waals surface area contributed by atoms with Crippen LogP contribution in [0.15, 0.2) is 36.4 Å². The molecule has 1 N–H and O–H groups in total. The maximum atomic E-state index is 12.4. The molecular weight excluding hydrogens is 319 g/mol. The van der Waals surface area contributed by atoms with E-state index in [-0.39, 0.29) is 53.2 Å². The van der Waals surface area contributed by atoms with Gasteiger partial charge in [0, 0.05) is 16.7 Å². The largest absolute Gasteiger partial charge is 1.00 e. The first kappa shape index (κ1) is 16.9. The Morgan fingerprint density at radius 2 is 1.59 bits per heavy atom. The topological polar surface area (TPSA) is 104 Å². The van der Waals surface area contributed by atoms with Crippen LogP contribution in [0.5, 0.6) is 11.5 Å². The zero-order valence-corrected chi connectivity index (χ0v) is 14.2. The van der Waals surface area contributed by atoms with E-state index in [0.29, 0.717) is 0 Å². The van der Waals surface area contributed by atoms with E-state index in [9.17, 15) is 23.5 Å². The fraction of sp³-hybridized carbons (Fsp3) is 0. The van der Waals surface area contributed by atoms with Crippen LogP contribution in [0.1, 0.15) is 33.3 Å². The Kier molecular flexibility index (Phi) is 4.84. The van der Waals surface area contributed by atoms with Crippen molar-refractivity contribution in [1.82, 2.24) is 0 Å². The van der Waals surface area contributed by atoms with Gasteiger partial charge in [0.2, 0.25) is 0 Å². The van der Waals surface area contributed by atoms with Gasteiger partial charge in [-0.15, -0.1) is 0 Å². The number of ketones is 2. The monoisotopic (exact) mass is 327 g/mol. The van der Waals surface area contributed by atoms with E-state index in [4.69, 9.17) is 0 Å². The molecule has 2 aromatic carbocycles. The molecule has 0 amide bonds. The van der Waals surface area contributed by atoms with Crippen LogP contribution in [-0.2, 0) is 11.4 Å². The maximum Gasteiger partial charge on any atom is 1.00 e. The number of fused-ring (bicyclic) bond motifs is 2. The van der Waals surface area contributed by atoms with Crippen molar-refractivity contribution in [3.63, 3.8) is 0 Å². The first-order valence-electron chi connectivity index (χ1n) is 5.82. The van der Waals surface area contributed by atoms with Gasteiger partial charge in [-0.3, -0.25) is 9.59 Å². The summed E-state index contributed by atoms with van der Waals surface area (Å²) in [6, 6.07) is 8.60. The van der Waals surface area contributed by atoms with Crippen LogP contribution in [0, 0.1) is 0 Å². The Hall–Kier alpha value is -1.51. The molecule has 2 aromatic rings. The second kappa shape index (κ2) is 6.31. The van der Waals surface area contributed by atoms with Crippen molar-refractivity contribution in [2.75, 3.05) is 0 Å². The molecule has 108 valence electrons. The number of hydrogen-bond donors (Lipinski definition) is 1. The third kappa shape index (κ3) is 2.62. The third-order valence-corrected chi connectivity index (χ3v) is 3.50. The maximum absolute atomic E-state index is 12.4. The van der Waals surface area contributed by atoms with Crippen molar-refractivity contribution in [1.29, 1.82) is 0 Å². The van der Waals surface area contributed by atoms with Crippen LogP contribution in [0.4, 0.5) is 0 Å². The fourth-order valence-electron chi connectivity index (χ4n) is 2.29. The van der Waals surface area contributed by atoms with Crippen molar-refractivity contribution < 1.29 is 58.6 Å². The van der Waals surface area contributed by atoms with Crippen molar-refractivity contribution in [3.05, 3.63) is 58.7 Å². The summed E-state index contributed by atoms with van der Waals surface area (Å²) in [6.07, 6.45) is 0. The van der Waals surface area contributed by atoms with E-state index in [1.165, 1.54) is 18.2 Å². The van der Waals surface area contributed by atoms with Gasteiger partial charge in [0.1, 0.15) is 11.4 Å². The molecule has 0 saturated carbocycles. The number of benzene rings is 2. The molecule has 22 heavy (non-hydrogen) atoms. The number of carbonyl (C=O) groups excluding carboxylic acids is 2. The van der Waals surface area contributed by atoms with Crippen LogP contribution in [0.2, 0.25) is 0 Å². The predicted molar refractivity (Wildman–Crippen MR) is 72.1 cm³/mol. The van der Waals surface area contributed by atoms with Crippen molar-refractivity contribution >= 4 is 22.9 Å². The molecule has 3 rings (SSSR count). The first-order chi connectivity index (χ1) is 10.0. The van der Waals surface area contributed by atoms with E-state index < -0.39 is 34.4 Å². The van der Waals surface area contributed by atoms with Gasteiger partial charge in [-0.2, -0.15) is 0 Å². The Balaban J connectivity index is 0.00000132. The summed E-state index contributed by atoms with van der Waals surface area (Å²) >= 11 is -2.90. The fourth-order valence-corrected chi connectivity index (χ4v) is 2.57. The Morgan fingerprint density at radius 1 is 1.00 bits per heavy atom. The van der Waals surface area contributed by atoms with Crippen LogP contribution < -0.4 is 33.7 Å². The SMILES string of the molecule is O=C1c2ccccc2C(=O)c2c1ccc(OS(=O)[O-])c2O.[H-].[Na+]. The quantitative estimate of drug-likeness (QED) is 0.452. The van der Waals surface area contributed by atoms with E-state index in [0.717, 1.165) is 6.07 Å². The van der Waals surface area contributed by atoms with Gasteiger partial charge in [-0.25, -0.2) is 4.21 Å². The molecule has 6 nitrogen and oxygen atoms in total. The smallest absolute Gasteiger partial charge is 1.00 e. The summed E-state index contributed by atoms with van der Waals surface area (Å²) in [6.45, 7) is 0. The van der Waals surface area contributed by atoms with Gasteiger partial charge in [0.25, 0.3) is 0 Å². The van der Waals surface area contributed by atoms with Crippen molar-refractivity contribution in [3.8, 4) is 11.5 Å². The van der Waals surface area contributed by atoms with E-state index >= 15 is 0 Å². The van der Waals surface area contributed by atoms with Crippen LogP contribution >= 0.6 is 0 Å². The van der Waals surface area contributed by atoms with E-state index in [2.05, 4.69) is 4.18 Å². The normalized spacial score (nSPS) is 13.7. The molecule has 0 radical (unpaired) electrons. The Labute approximate surface area is 151 Å². The molecule has 1 unspecified atom stereocenters. The van der Waals surface area contributed by atoms with Crippen molar-refractivity contribution in [2.45, 2.75) is 0 Å². The average molecular weight is 327 g/mol. The number of phenols is 1. The molecule has 0 aliphatic heterocycles. The van der Waals surface area contributed by atoms with Gasteiger partial charge in [-0.1, -0.05) is 24.3 Å². The zero-order valence-electron chi connectivity index (χ0n) is 12.4. The number of rotatable bonds is 2. The van der Waals surface area contributed by atoms with Crippen LogP contribution in [0.25, 0.3) is 0 Å².